The van der Waals surface area contributed by atoms with Crippen molar-refractivity contribution < 1.29 is 9.59 Å². The van der Waals surface area contributed by atoms with Crippen molar-refractivity contribution >= 4 is 34.0 Å². The SMILES string of the molecule is O=C(Nc1ccc(-c2ccnc3ccccc23)c2c1C(=O)CC2)c1ccc(NCCN2CCCC2)cc1. The second-order valence-electron chi connectivity index (χ2n) is 9.82. The maximum Gasteiger partial charge on any atom is 0.255 e. The maximum absolute atomic E-state index is 13.1. The Morgan fingerprint density at radius 3 is 2.54 bits per heavy atom. The van der Waals surface area contributed by atoms with E-state index in [-0.39, 0.29) is 11.7 Å². The van der Waals surface area contributed by atoms with Crippen LogP contribution in [0.3, 0.4) is 0 Å². The van der Waals surface area contributed by atoms with Crippen LogP contribution in [0.1, 0.15) is 45.5 Å². The molecule has 0 atom stereocenters. The molecule has 4 aromatic rings. The van der Waals surface area contributed by atoms with E-state index in [2.05, 4.69) is 26.6 Å². The van der Waals surface area contributed by atoms with Crippen molar-refractivity contribution in [3.63, 3.8) is 0 Å². The predicted octanol–water partition coefficient (Wildman–Crippen LogP) is 5.79. The van der Waals surface area contributed by atoms with Crippen molar-refractivity contribution in [2.75, 3.05) is 36.8 Å². The van der Waals surface area contributed by atoms with Crippen LogP contribution in [0.15, 0.2) is 72.9 Å². The highest BCUT2D eigenvalue weighted by Crippen LogP contribution is 2.39. The summed E-state index contributed by atoms with van der Waals surface area (Å²) < 4.78 is 0. The van der Waals surface area contributed by atoms with Gasteiger partial charge in [-0.15, -0.1) is 0 Å². The van der Waals surface area contributed by atoms with Gasteiger partial charge in [0.1, 0.15) is 0 Å². The number of pyridine rings is 1. The number of aromatic nitrogens is 1. The number of fused-ring (bicyclic) bond motifs is 2. The number of amides is 1. The molecule has 0 bridgehead atoms. The van der Waals surface area contributed by atoms with E-state index in [9.17, 15) is 9.59 Å². The first-order valence-corrected chi connectivity index (χ1v) is 13.1. The highest BCUT2D eigenvalue weighted by molar-refractivity contribution is 6.13. The number of hydrogen-bond donors (Lipinski definition) is 2. The molecule has 6 rings (SSSR count). The van der Waals surface area contributed by atoms with Gasteiger partial charge in [-0.2, -0.15) is 0 Å². The number of nitrogens with zero attached hydrogens (tertiary/aromatic N) is 2. The minimum atomic E-state index is -0.215. The molecule has 6 heteroatoms. The van der Waals surface area contributed by atoms with Crippen molar-refractivity contribution in [2.45, 2.75) is 25.7 Å². The summed E-state index contributed by atoms with van der Waals surface area (Å²) in [6.45, 7) is 4.30. The zero-order valence-corrected chi connectivity index (χ0v) is 20.8. The van der Waals surface area contributed by atoms with Crippen molar-refractivity contribution in [1.82, 2.24) is 9.88 Å². The monoisotopic (exact) mass is 490 g/mol. The van der Waals surface area contributed by atoms with Crippen molar-refractivity contribution in [2.24, 2.45) is 0 Å². The van der Waals surface area contributed by atoms with Crippen LogP contribution in [-0.2, 0) is 6.42 Å². The lowest BCUT2D eigenvalue weighted by Crippen LogP contribution is -2.25. The van der Waals surface area contributed by atoms with E-state index >= 15 is 0 Å². The number of Topliss-reactive ketones (excluding diaryl/α,β-unsaturated/α-hetero) is 1. The number of benzene rings is 3. The fourth-order valence-corrected chi connectivity index (χ4v) is 5.58. The first-order chi connectivity index (χ1) is 18.2. The van der Waals surface area contributed by atoms with Gasteiger partial charge in [0.15, 0.2) is 5.78 Å². The minimum Gasteiger partial charge on any atom is -0.384 e. The molecule has 6 nitrogen and oxygen atoms in total. The van der Waals surface area contributed by atoms with Crippen LogP contribution in [-0.4, -0.2) is 47.8 Å². The molecule has 37 heavy (non-hydrogen) atoms. The van der Waals surface area contributed by atoms with Crippen LogP contribution >= 0.6 is 0 Å². The Bertz CT molecular complexity index is 1470. The van der Waals surface area contributed by atoms with E-state index in [1.165, 1.54) is 25.9 Å². The maximum atomic E-state index is 13.1. The number of ketones is 1. The number of rotatable bonds is 7. The van der Waals surface area contributed by atoms with E-state index in [1.807, 2.05) is 60.7 Å². The lowest BCUT2D eigenvalue weighted by molar-refractivity contribution is 0.0995. The third-order valence-corrected chi connectivity index (χ3v) is 7.48. The number of carbonyl (C=O) groups excluding carboxylic acids is 2. The number of hydrogen-bond acceptors (Lipinski definition) is 5. The Kier molecular flexibility index (Phi) is 6.41. The van der Waals surface area contributed by atoms with E-state index in [4.69, 9.17) is 0 Å². The zero-order chi connectivity index (χ0) is 25.2. The number of nitrogens with one attached hydrogen (secondary N) is 2. The summed E-state index contributed by atoms with van der Waals surface area (Å²) in [7, 11) is 0. The van der Waals surface area contributed by atoms with Crippen LogP contribution in [0.4, 0.5) is 11.4 Å². The topological polar surface area (TPSA) is 74.3 Å². The molecule has 1 amide bonds. The van der Waals surface area contributed by atoms with E-state index in [0.29, 0.717) is 29.7 Å². The highest BCUT2D eigenvalue weighted by atomic mass is 16.1. The molecule has 1 aliphatic heterocycles. The first-order valence-electron chi connectivity index (χ1n) is 13.1. The molecule has 1 fully saturated rings. The summed E-state index contributed by atoms with van der Waals surface area (Å²) in [5.74, 6) is -0.143. The smallest absolute Gasteiger partial charge is 0.255 e. The lowest BCUT2D eigenvalue weighted by atomic mass is 9.93. The van der Waals surface area contributed by atoms with Crippen LogP contribution in [0.2, 0.25) is 0 Å². The van der Waals surface area contributed by atoms with E-state index in [0.717, 1.165) is 46.4 Å². The van der Waals surface area contributed by atoms with Crippen molar-refractivity contribution in [3.05, 3.63) is 89.6 Å². The van der Waals surface area contributed by atoms with Gasteiger partial charge in [-0.1, -0.05) is 24.3 Å². The van der Waals surface area contributed by atoms with E-state index in [1.54, 1.807) is 6.20 Å². The Labute approximate surface area is 216 Å². The fourth-order valence-electron chi connectivity index (χ4n) is 5.58. The van der Waals surface area contributed by atoms with Crippen molar-refractivity contribution in [3.8, 4) is 11.1 Å². The normalized spacial score (nSPS) is 15.2. The summed E-state index contributed by atoms with van der Waals surface area (Å²) >= 11 is 0. The van der Waals surface area contributed by atoms with Crippen LogP contribution < -0.4 is 10.6 Å². The standard InChI is InChI=1S/C31H30N4O2/c36-29-14-12-26-23(24-15-16-33-27-6-2-1-5-25(24)27)11-13-28(30(26)29)34-31(37)21-7-9-22(10-8-21)32-17-20-35-18-3-4-19-35/h1-2,5-11,13,15-16,32H,3-4,12,14,17-20H2,(H,34,37). The molecule has 2 N–H and O–H groups in total. The van der Waals surface area contributed by atoms with Gasteiger partial charge in [0.25, 0.3) is 5.91 Å². The van der Waals surface area contributed by atoms with Crippen LogP contribution in [0.5, 0.6) is 0 Å². The molecule has 2 heterocycles. The first kappa shape index (κ1) is 23.4. The molecular formula is C31H30N4O2. The second kappa shape index (κ2) is 10.1. The van der Waals surface area contributed by atoms with Crippen LogP contribution in [0.25, 0.3) is 22.0 Å². The number of anilines is 2. The fraction of sp³-hybridized carbons (Fsp3) is 0.258. The summed E-state index contributed by atoms with van der Waals surface area (Å²) in [4.78, 5) is 33.0. The van der Waals surface area contributed by atoms with Gasteiger partial charge in [0.2, 0.25) is 0 Å². The molecule has 3 aromatic carbocycles. The average molecular weight is 491 g/mol. The molecule has 0 radical (unpaired) electrons. The average Bonchev–Trinajstić information content (AvgIpc) is 3.59. The highest BCUT2D eigenvalue weighted by Gasteiger charge is 2.27. The molecule has 186 valence electrons. The van der Waals surface area contributed by atoms with Gasteiger partial charge in [0.05, 0.1) is 11.2 Å². The molecular weight excluding hydrogens is 460 g/mol. The molecule has 1 aromatic heterocycles. The van der Waals surface area contributed by atoms with Gasteiger partial charge < -0.3 is 15.5 Å². The zero-order valence-electron chi connectivity index (χ0n) is 20.8. The Morgan fingerprint density at radius 1 is 0.892 bits per heavy atom. The minimum absolute atomic E-state index is 0.0723. The van der Waals surface area contributed by atoms with Crippen LogP contribution in [0, 0.1) is 0 Å². The molecule has 1 aliphatic carbocycles. The summed E-state index contributed by atoms with van der Waals surface area (Å²) in [6, 6.07) is 21.4. The summed E-state index contributed by atoms with van der Waals surface area (Å²) in [6.07, 6.45) is 5.52. The largest absolute Gasteiger partial charge is 0.384 e. The quantitative estimate of drug-likeness (QED) is 0.343. The number of carbonyl (C=O) groups is 2. The molecule has 0 spiro atoms. The van der Waals surface area contributed by atoms with Gasteiger partial charge >= 0.3 is 0 Å². The Hall–Kier alpha value is -4.03. The second-order valence-corrected chi connectivity index (χ2v) is 9.82. The summed E-state index contributed by atoms with van der Waals surface area (Å²) in [5.41, 5.74) is 6.78. The van der Waals surface area contributed by atoms with Gasteiger partial charge in [-0.3, -0.25) is 14.6 Å². The lowest BCUT2D eigenvalue weighted by Gasteiger charge is -2.16. The van der Waals surface area contributed by atoms with Gasteiger partial charge in [-0.25, -0.2) is 0 Å². The Balaban J connectivity index is 1.21. The van der Waals surface area contributed by atoms with Crippen molar-refractivity contribution in [1.29, 1.82) is 0 Å². The predicted molar refractivity (Wildman–Crippen MR) is 148 cm³/mol. The molecule has 0 saturated carbocycles. The third-order valence-electron chi connectivity index (χ3n) is 7.48. The number of likely N-dealkylation sites (tertiary alicyclic amines) is 1. The molecule has 0 unspecified atom stereocenters. The number of para-hydroxylation sites is 1. The van der Waals surface area contributed by atoms with Gasteiger partial charge in [-0.05, 0) is 91.5 Å². The third kappa shape index (κ3) is 4.72. The molecule has 2 aliphatic rings. The molecule has 1 saturated heterocycles. The van der Waals surface area contributed by atoms with E-state index < -0.39 is 0 Å². The Morgan fingerprint density at radius 2 is 1.70 bits per heavy atom. The summed E-state index contributed by atoms with van der Waals surface area (Å²) in [5, 5.41) is 7.50. The van der Waals surface area contributed by atoms with Gasteiger partial charge in [0, 0.05) is 47.9 Å².